The molecule has 32 heavy (non-hydrogen) atoms. The van der Waals surface area contributed by atoms with Crippen LogP contribution in [0.1, 0.15) is 11.3 Å². The lowest BCUT2D eigenvalue weighted by Gasteiger charge is -2.30. The number of benzene rings is 2. The van der Waals surface area contributed by atoms with Gasteiger partial charge in [0.2, 0.25) is 0 Å². The molecule has 0 N–H and O–H groups in total. The first-order valence-corrected chi connectivity index (χ1v) is 11.4. The van der Waals surface area contributed by atoms with E-state index in [0.29, 0.717) is 29.8 Å². The van der Waals surface area contributed by atoms with Crippen LogP contribution >= 0.6 is 11.8 Å². The van der Waals surface area contributed by atoms with Crippen molar-refractivity contribution in [1.82, 2.24) is 4.90 Å². The number of thioether (sulfide) groups is 1. The van der Waals surface area contributed by atoms with E-state index in [1.165, 1.54) is 11.8 Å². The fourth-order valence-corrected chi connectivity index (χ4v) is 4.73. The summed E-state index contributed by atoms with van der Waals surface area (Å²) in [6.07, 6.45) is 3.59. The van der Waals surface area contributed by atoms with Crippen molar-refractivity contribution in [3.05, 3.63) is 89.2 Å². The highest BCUT2D eigenvalue weighted by atomic mass is 32.2. The molecule has 2 saturated heterocycles. The molecule has 6 nitrogen and oxygen atoms in total. The summed E-state index contributed by atoms with van der Waals surface area (Å²) in [5.74, 6) is 0.646. The molecule has 2 aliphatic rings. The summed E-state index contributed by atoms with van der Waals surface area (Å²) >= 11 is 1.40. The van der Waals surface area contributed by atoms with Crippen LogP contribution in [-0.2, 0) is 16.1 Å². The van der Waals surface area contributed by atoms with Crippen LogP contribution in [0, 0.1) is 0 Å². The molecule has 2 aromatic carbocycles. The van der Waals surface area contributed by atoms with E-state index in [4.69, 9.17) is 14.1 Å². The molecule has 0 unspecified atom stereocenters. The van der Waals surface area contributed by atoms with E-state index < -0.39 is 0 Å². The minimum Gasteiger partial charge on any atom is -0.467 e. The Kier molecular flexibility index (Phi) is 6.09. The number of furan rings is 1. The molecule has 5 rings (SSSR count). The van der Waals surface area contributed by atoms with Crippen molar-refractivity contribution in [2.45, 2.75) is 6.54 Å². The van der Waals surface area contributed by atoms with Crippen LogP contribution in [-0.4, -0.2) is 42.3 Å². The van der Waals surface area contributed by atoms with E-state index in [-0.39, 0.29) is 5.91 Å². The van der Waals surface area contributed by atoms with Gasteiger partial charge in [-0.3, -0.25) is 9.69 Å². The summed E-state index contributed by atoms with van der Waals surface area (Å²) in [6, 6.07) is 21.6. The van der Waals surface area contributed by atoms with Crippen molar-refractivity contribution < 1.29 is 13.9 Å². The van der Waals surface area contributed by atoms with Gasteiger partial charge in [-0.1, -0.05) is 36.4 Å². The Hall–Kier alpha value is -3.29. The van der Waals surface area contributed by atoms with Crippen molar-refractivity contribution >= 4 is 40.3 Å². The summed E-state index contributed by atoms with van der Waals surface area (Å²) in [5.41, 5.74) is 2.94. The van der Waals surface area contributed by atoms with E-state index in [2.05, 4.69) is 17.0 Å². The molecule has 0 saturated carbocycles. The van der Waals surface area contributed by atoms with Crippen molar-refractivity contribution in [2.75, 3.05) is 31.2 Å². The number of carbonyl (C=O) groups excluding carboxylic acids is 1. The molecule has 0 radical (unpaired) electrons. The van der Waals surface area contributed by atoms with E-state index in [1.807, 2.05) is 60.7 Å². The Bertz CT molecular complexity index is 1140. The zero-order chi connectivity index (χ0) is 21.8. The van der Waals surface area contributed by atoms with Crippen molar-refractivity contribution in [2.24, 2.45) is 4.99 Å². The third-order valence-corrected chi connectivity index (χ3v) is 6.34. The minimum absolute atomic E-state index is 0.0714. The molecule has 3 aromatic rings. The monoisotopic (exact) mass is 445 g/mol. The molecule has 0 aliphatic carbocycles. The van der Waals surface area contributed by atoms with E-state index in [9.17, 15) is 4.79 Å². The second-order valence-electron chi connectivity index (χ2n) is 7.47. The lowest BCUT2D eigenvalue weighted by molar-refractivity contribution is -0.122. The second kappa shape index (κ2) is 9.46. The number of carbonyl (C=O) groups is 1. The molecule has 0 atom stereocenters. The van der Waals surface area contributed by atoms with Crippen molar-refractivity contribution in [3.63, 3.8) is 0 Å². The lowest BCUT2D eigenvalue weighted by atomic mass is 10.1. The highest BCUT2D eigenvalue weighted by molar-refractivity contribution is 8.18. The molecule has 162 valence electrons. The first-order valence-electron chi connectivity index (χ1n) is 10.6. The van der Waals surface area contributed by atoms with Gasteiger partial charge in [-0.05, 0) is 53.7 Å². The molecule has 2 fully saturated rings. The number of para-hydroxylation sites is 2. The van der Waals surface area contributed by atoms with Crippen LogP contribution in [0.25, 0.3) is 6.08 Å². The number of amidine groups is 1. The Balaban J connectivity index is 1.49. The zero-order valence-electron chi connectivity index (χ0n) is 17.5. The minimum atomic E-state index is -0.0714. The van der Waals surface area contributed by atoms with Gasteiger partial charge < -0.3 is 14.1 Å². The second-order valence-corrected chi connectivity index (χ2v) is 8.48. The lowest BCUT2D eigenvalue weighted by Crippen LogP contribution is -2.36. The first kappa shape index (κ1) is 20.6. The van der Waals surface area contributed by atoms with Gasteiger partial charge in [0.25, 0.3) is 5.91 Å². The average Bonchev–Trinajstić information content (AvgIpc) is 3.45. The zero-order valence-corrected chi connectivity index (χ0v) is 18.3. The van der Waals surface area contributed by atoms with Crippen molar-refractivity contribution in [3.8, 4) is 0 Å². The van der Waals surface area contributed by atoms with Crippen molar-refractivity contribution in [1.29, 1.82) is 0 Å². The van der Waals surface area contributed by atoms with Gasteiger partial charge in [0.1, 0.15) is 5.76 Å². The summed E-state index contributed by atoms with van der Waals surface area (Å²) < 4.78 is 11.0. The molecule has 3 heterocycles. The number of hydrogen-bond donors (Lipinski definition) is 0. The highest BCUT2D eigenvalue weighted by Crippen LogP contribution is 2.36. The summed E-state index contributed by atoms with van der Waals surface area (Å²) in [7, 11) is 0. The molecule has 0 spiro atoms. The standard InChI is InChI=1S/C25H23N3O3S/c29-24-23(17-19-7-4-5-11-22(19)27-12-15-30-16-13-27)32-25(26-20-8-2-1-3-9-20)28(24)18-21-10-6-14-31-21/h1-11,14,17H,12-13,15-16,18H2/b23-17+,26-25?. The van der Waals surface area contributed by atoms with Gasteiger partial charge in [-0.2, -0.15) is 0 Å². The summed E-state index contributed by atoms with van der Waals surface area (Å²) in [6.45, 7) is 3.44. The van der Waals surface area contributed by atoms with Crippen LogP contribution in [0.15, 0.2) is 87.3 Å². The molecule has 0 bridgehead atoms. The van der Waals surface area contributed by atoms with Gasteiger partial charge in [-0.15, -0.1) is 0 Å². The van der Waals surface area contributed by atoms with Crippen LogP contribution in [0.2, 0.25) is 0 Å². The van der Waals surface area contributed by atoms with Gasteiger partial charge in [0.15, 0.2) is 5.17 Å². The first-order chi connectivity index (χ1) is 15.8. The Morgan fingerprint density at radius 1 is 0.969 bits per heavy atom. The Morgan fingerprint density at radius 2 is 1.75 bits per heavy atom. The quantitative estimate of drug-likeness (QED) is 0.522. The Labute approximate surface area is 191 Å². The normalized spacial score (nSPS) is 19.3. The number of aliphatic imine (C=N–C) groups is 1. The van der Waals surface area contributed by atoms with Gasteiger partial charge in [0.05, 0.1) is 36.6 Å². The fourth-order valence-electron chi connectivity index (χ4n) is 3.75. The van der Waals surface area contributed by atoms with Crippen LogP contribution < -0.4 is 4.90 Å². The van der Waals surface area contributed by atoms with E-state index in [0.717, 1.165) is 35.8 Å². The van der Waals surface area contributed by atoms with Gasteiger partial charge in [-0.25, -0.2) is 4.99 Å². The number of amides is 1. The van der Waals surface area contributed by atoms with E-state index in [1.54, 1.807) is 11.2 Å². The van der Waals surface area contributed by atoms with Gasteiger partial charge in [0, 0.05) is 18.8 Å². The van der Waals surface area contributed by atoms with E-state index >= 15 is 0 Å². The maximum atomic E-state index is 13.4. The predicted octanol–water partition coefficient (Wildman–Crippen LogP) is 4.92. The fraction of sp³-hybridized carbons (Fsp3) is 0.200. The number of ether oxygens (including phenoxy) is 1. The number of nitrogens with zero attached hydrogens (tertiary/aromatic N) is 3. The molecule has 7 heteroatoms. The van der Waals surface area contributed by atoms with Crippen LogP contribution in [0.4, 0.5) is 11.4 Å². The van der Waals surface area contributed by atoms with Gasteiger partial charge >= 0.3 is 0 Å². The predicted molar refractivity (Wildman–Crippen MR) is 128 cm³/mol. The Morgan fingerprint density at radius 3 is 2.53 bits per heavy atom. The molecular weight excluding hydrogens is 422 g/mol. The average molecular weight is 446 g/mol. The number of hydrogen-bond acceptors (Lipinski definition) is 6. The summed E-state index contributed by atoms with van der Waals surface area (Å²) in [4.78, 5) is 22.8. The molecular formula is C25H23N3O3S. The molecule has 2 aliphatic heterocycles. The number of rotatable bonds is 5. The smallest absolute Gasteiger partial charge is 0.267 e. The number of anilines is 1. The highest BCUT2D eigenvalue weighted by Gasteiger charge is 2.34. The van der Waals surface area contributed by atoms with Crippen LogP contribution in [0.5, 0.6) is 0 Å². The van der Waals surface area contributed by atoms with Crippen LogP contribution in [0.3, 0.4) is 0 Å². The third kappa shape index (κ3) is 4.49. The summed E-state index contributed by atoms with van der Waals surface area (Å²) in [5, 5.41) is 0.646. The molecule has 1 amide bonds. The SMILES string of the molecule is O=C1/C(=C\c2ccccc2N2CCOCC2)SC(=Nc2ccccc2)N1Cc1ccco1. The largest absolute Gasteiger partial charge is 0.467 e. The maximum absolute atomic E-state index is 13.4. The topological polar surface area (TPSA) is 58.3 Å². The number of morpholine rings is 1. The third-order valence-electron chi connectivity index (χ3n) is 5.34. The maximum Gasteiger partial charge on any atom is 0.267 e. The molecule has 1 aromatic heterocycles.